The topological polar surface area (TPSA) is 15.3 Å². The number of fused-ring (bicyclic) bond motifs is 2. The molecule has 2 fully saturated rings. The second-order valence-corrected chi connectivity index (χ2v) is 7.86. The first-order chi connectivity index (χ1) is 9.11. The lowest BCUT2D eigenvalue weighted by atomic mass is 9.73. The van der Waals surface area contributed by atoms with E-state index in [1.54, 1.807) is 0 Å². The Kier molecular flexibility index (Phi) is 6.04. The van der Waals surface area contributed by atoms with Crippen LogP contribution in [0.25, 0.3) is 0 Å². The van der Waals surface area contributed by atoms with Gasteiger partial charge in [-0.25, -0.2) is 0 Å². The number of hydrogen-bond acceptors (Lipinski definition) is 3. The lowest BCUT2D eigenvalue weighted by Gasteiger charge is -2.50. The van der Waals surface area contributed by atoms with Crippen LogP contribution in [-0.2, 0) is 0 Å². The normalized spacial score (nSPS) is 33.6. The van der Waals surface area contributed by atoms with Crippen molar-refractivity contribution >= 4 is 11.8 Å². The third-order valence-corrected chi connectivity index (χ3v) is 5.71. The Morgan fingerprint density at radius 2 is 1.79 bits per heavy atom. The quantitative estimate of drug-likeness (QED) is 0.806. The van der Waals surface area contributed by atoms with E-state index in [2.05, 4.69) is 37.2 Å². The fourth-order valence-electron chi connectivity index (χ4n) is 3.87. The highest BCUT2D eigenvalue weighted by atomic mass is 32.2. The average molecular weight is 285 g/mol. The molecule has 0 aromatic carbocycles. The van der Waals surface area contributed by atoms with Crippen LogP contribution in [0.1, 0.15) is 46.5 Å². The molecular weight excluding hydrogens is 252 g/mol. The largest absolute Gasteiger partial charge is 0.311 e. The van der Waals surface area contributed by atoms with Gasteiger partial charge in [-0.2, -0.15) is 11.8 Å². The van der Waals surface area contributed by atoms with Crippen LogP contribution in [0.4, 0.5) is 0 Å². The Hall–Kier alpha value is 0.270. The van der Waals surface area contributed by atoms with E-state index in [1.807, 2.05) is 11.8 Å². The summed E-state index contributed by atoms with van der Waals surface area (Å²) in [6.45, 7) is 9.72. The molecule has 0 amide bonds. The third kappa shape index (κ3) is 4.12. The van der Waals surface area contributed by atoms with Crippen molar-refractivity contribution in [2.75, 3.05) is 25.1 Å². The molecule has 0 aromatic heterocycles. The molecule has 2 rings (SSSR count). The second kappa shape index (κ2) is 7.33. The van der Waals surface area contributed by atoms with Gasteiger partial charge in [-0.05, 0) is 63.9 Å². The van der Waals surface area contributed by atoms with E-state index >= 15 is 0 Å². The maximum atomic E-state index is 3.98. The number of likely N-dealkylation sites (tertiary alicyclic amines) is 1. The van der Waals surface area contributed by atoms with E-state index in [0.717, 1.165) is 23.9 Å². The van der Waals surface area contributed by atoms with Crippen LogP contribution in [0.15, 0.2) is 0 Å². The number of rotatable bonds is 6. The Balaban J connectivity index is 1.90. The van der Waals surface area contributed by atoms with Gasteiger partial charge in [0.1, 0.15) is 0 Å². The summed E-state index contributed by atoms with van der Waals surface area (Å²) in [6.07, 6.45) is 7.85. The highest BCUT2D eigenvalue weighted by Gasteiger charge is 2.40. The van der Waals surface area contributed by atoms with E-state index < -0.39 is 0 Å². The highest BCUT2D eigenvalue weighted by Crippen LogP contribution is 2.36. The van der Waals surface area contributed by atoms with Crippen molar-refractivity contribution in [2.45, 2.75) is 64.6 Å². The Morgan fingerprint density at radius 3 is 2.32 bits per heavy atom. The zero-order valence-electron chi connectivity index (χ0n) is 13.2. The van der Waals surface area contributed by atoms with Crippen LogP contribution in [0.2, 0.25) is 0 Å². The first kappa shape index (κ1) is 15.7. The van der Waals surface area contributed by atoms with Gasteiger partial charge in [0.15, 0.2) is 0 Å². The van der Waals surface area contributed by atoms with Crippen LogP contribution in [0.5, 0.6) is 0 Å². The fourth-order valence-corrected chi connectivity index (χ4v) is 4.46. The SMILES string of the molecule is CSCCC(C)NC1C2CCCC1CN(C(C)C)C2. The van der Waals surface area contributed by atoms with Crippen molar-refractivity contribution in [2.24, 2.45) is 11.8 Å². The van der Waals surface area contributed by atoms with Gasteiger partial charge in [-0.1, -0.05) is 6.42 Å². The van der Waals surface area contributed by atoms with E-state index in [0.29, 0.717) is 6.04 Å². The first-order valence-corrected chi connectivity index (χ1v) is 9.50. The molecule has 0 radical (unpaired) electrons. The summed E-state index contributed by atoms with van der Waals surface area (Å²) in [5.74, 6) is 3.08. The van der Waals surface area contributed by atoms with Gasteiger partial charge in [0.05, 0.1) is 0 Å². The summed E-state index contributed by atoms with van der Waals surface area (Å²) < 4.78 is 0. The molecule has 1 aliphatic carbocycles. The molecule has 2 bridgehead atoms. The van der Waals surface area contributed by atoms with Crippen molar-refractivity contribution in [3.05, 3.63) is 0 Å². The standard InChI is InChI=1S/C16H32N2S/c1-12(2)18-10-14-6-5-7-15(11-18)16(14)17-13(3)8-9-19-4/h12-17H,5-11H2,1-4H3. The minimum atomic E-state index is 0.686. The molecule has 1 heterocycles. The molecule has 3 atom stereocenters. The maximum absolute atomic E-state index is 3.98. The van der Waals surface area contributed by atoms with E-state index in [1.165, 1.54) is 44.5 Å². The summed E-state index contributed by atoms with van der Waals surface area (Å²) >= 11 is 1.97. The summed E-state index contributed by atoms with van der Waals surface area (Å²) in [4.78, 5) is 2.71. The molecule has 2 nitrogen and oxygen atoms in total. The molecule has 3 unspecified atom stereocenters. The van der Waals surface area contributed by atoms with Gasteiger partial charge < -0.3 is 10.2 Å². The number of hydrogen-bond donors (Lipinski definition) is 1. The smallest absolute Gasteiger partial charge is 0.0150 e. The fraction of sp³-hybridized carbons (Fsp3) is 1.00. The van der Waals surface area contributed by atoms with Crippen LogP contribution >= 0.6 is 11.8 Å². The Labute approximate surface area is 124 Å². The van der Waals surface area contributed by atoms with Crippen molar-refractivity contribution in [1.29, 1.82) is 0 Å². The first-order valence-electron chi connectivity index (χ1n) is 8.10. The van der Waals surface area contributed by atoms with Crippen molar-refractivity contribution < 1.29 is 0 Å². The lowest BCUT2D eigenvalue weighted by Crippen LogP contribution is -2.59. The van der Waals surface area contributed by atoms with Crippen molar-refractivity contribution in [3.8, 4) is 0 Å². The lowest BCUT2D eigenvalue weighted by molar-refractivity contribution is 0.0257. The van der Waals surface area contributed by atoms with Crippen molar-refractivity contribution in [1.82, 2.24) is 10.2 Å². The summed E-state index contributed by atoms with van der Waals surface area (Å²) in [5, 5.41) is 3.98. The van der Waals surface area contributed by atoms with Gasteiger partial charge >= 0.3 is 0 Å². The number of nitrogens with zero attached hydrogens (tertiary/aromatic N) is 1. The molecule has 3 heteroatoms. The van der Waals surface area contributed by atoms with E-state index in [4.69, 9.17) is 0 Å². The zero-order chi connectivity index (χ0) is 13.8. The summed E-state index contributed by atoms with van der Waals surface area (Å²) in [7, 11) is 0. The van der Waals surface area contributed by atoms with Crippen LogP contribution in [0.3, 0.4) is 0 Å². The molecule has 0 aromatic rings. The van der Waals surface area contributed by atoms with Crippen LogP contribution in [-0.4, -0.2) is 48.1 Å². The molecule has 2 aliphatic rings. The zero-order valence-corrected chi connectivity index (χ0v) is 14.0. The molecular formula is C16H32N2S. The van der Waals surface area contributed by atoms with Gasteiger partial charge in [0, 0.05) is 31.2 Å². The maximum Gasteiger partial charge on any atom is 0.0150 e. The molecule has 112 valence electrons. The highest BCUT2D eigenvalue weighted by molar-refractivity contribution is 7.98. The molecule has 1 aliphatic heterocycles. The number of piperidine rings is 1. The third-order valence-electron chi connectivity index (χ3n) is 5.07. The summed E-state index contributed by atoms with van der Waals surface area (Å²) in [6, 6.07) is 2.20. The predicted molar refractivity (Wildman–Crippen MR) is 86.9 cm³/mol. The predicted octanol–water partition coefficient (Wildman–Crippen LogP) is 3.23. The van der Waals surface area contributed by atoms with Gasteiger partial charge in [-0.15, -0.1) is 0 Å². The molecule has 19 heavy (non-hydrogen) atoms. The Morgan fingerprint density at radius 1 is 1.16 bits per heavy atom. The Bertz CT molecular complexity index is 255. The molecule has 1 N–H and O–H groups in total. The van der Waals surface area contributed by atoms with Gasteiger partial charge in [-0.3, -0.25) is 0 Å². The van der Waals surface area contributed by atoms with Gasteiger partial charge in [0.25, 0.3) is 0 Å². The van der Waals surface area contributed by atoms with Crippen LogP contribution in [0, 0.1) is 11.8 Å². The minimum absolute atomic E-state index is 0.686. The summed E-state index contributed by atoms with van der Waals surface area (Å²) in [5.41, 5.74) is 0. The second-order valence-electron chi connectivity index (χ2n) is 6.87. The minimum Gasteiger partial charge on any atom is -0.311 e. The van der Waals surface area contributed by atoms with Crippen molar-refractivity contribution in [3.63, 3.8) is 0 Å². The monoisotopic (exact) mass is 284 g/mol. The van der Waals surface area contributed by atoms with Crippen LogP contribution < -0.4 is 5.32 Å². The number of nitrogens with one attached hydrogen (secondary N) is 1. The molecule has 0 spiro atoms. The average Bonchev–Trinajstić information content (AvgIpc) is 2.35. The molecule has 1 saturated heterocycles. The van der Waals surface area contributed by atoms with Gasteiger partial charge in [0.2, 0.25) is 0 Å². The molecule has 1 saturated carbocycles. The van der Waals surface area contributed by atoms with E-state index in [9.17, 15) is 0 Å². The number of thioether (sulfide) groups is 1. The van der Waals surface area contributed by atoms with E-state index in [-0.39, 0.29) is 0 Å².